The van der Waals surface area contributed by atoms with Gasteiger partial charge in [0.15, 0.2) is 5.65 Å². The van der Waals surface area contributed by atoms with E-state index in [2.05, 4.69) is 19.8 Å². The number of imidazole rings is 1. The van der Waals surface area contributed by atoms with Gasteiger partial charge in [0.05, 0.1) is 25.2 Å². The highest BCUT2D eigenvalue weighted by molar-refractivity contribution is 5.91. The maximum Gasteiger partial charge on any atom is 0.229 e. The van der Waals surface area contributed by atoms with Gasteiger partial charge < -0.3 is 14.7 Å². The second kappa shape index (κ2) is 7.09. The molecule has 1 saturated heterocycles. The third-order valence-corrected chi connectivity index (χ3v) is 5.14. The molecule has 2 fully saturated rings. The number of anilines is 2. The van der Waals surface area contributed by atoms with E-state index in [0.29, 0.717) is 25.2 Å². The number of amides is 1. The maximum atomic E-state index is 12.3. The molecule has 2 aromatic rings. The predicted molar refractivity (Wildman–Crippen MR) is 103 cm³/mol. The highest BCUT2D eigenvalue weighted by Crippen LogP contribution is 2.37. The Morgan fingerprint density at radius 2 is 2.04 bits per heavy atom. The molecular weight excluding hydrogens is 346 g/mol. The number of fused-ring (bicyclic) bond motifs is 1. The molecule has 27 heavy (non-hydrogen) atoms. The number of nitrogens with zero attached hydrogens (tertiary/aromatic N) is 4. The van der Waals surface area contributed by atoms with E-state index in [4.69, 9.17) is 9.72 Å². The van der Waals surface area contributed by atoms with E-state index < -0.39 is 5.60 Å². The number of pyridine rings is 1. The quantitative estimate of drug-likeness (QED) is 0.834. The SMILES string of the molecule is CC(C)(O)CC(=O)Nc1nc2ccc(N3CCOCC3)nc2n1C1CCC1. The van der Waals surface area contributed by atoms with Crippen molar-refractivity contribution in [3.05, 3.63) is 12.1 Å². The fourth-order valence-corrected chi connectivity index (χ4v) is 3.57. The Balaban J connectivity index is 1.67. The van der Waals surface area contributed by atoms with Crippen molar-refractivity contribution >= 4 is 28.8 Å². The minimum absolute atomic E-state index is 0.0212. The van der Waals surface area contributed by atoms with Crippen LogP contribution in [0.15, 0.2) is 12.1 Å². The first-order chi connectivity index (χ1) is 12.9. The van der Waals surface area contributed by atoms with Gasteiger partial charge in [0.1, 0.15) is 11.3 Å². The fraction of sp³-hybridized carbons (Fsp3) is 0.632. The largest absolute Gasteiger partial charge is 0.390 e. The molecule has 0 radical (unpaired) electrons. The summed E-state index contributed by atoms with van der Waals surface area (Å²) in [4.78, 5) is 24.0. The van der Waals surface area contributed by atoms with Gasteiger partial charge in [0.2, 0.25) is 11.9 Å². The van der Waals surface area contributed by atoms with E-state index in [1.807, 2.05) is 12.1 Å². The van der Waals surface area contributed by atoms with E-state index in [1.165, 1.54) is 6.42 Å². The molecule has 146 valence electrons. The summed E-state index contributed by atoms with van der Waals surface area (Å²) in [7, 11) is 0. The van der Waals surface area contributed by atoms with E-state index in [9.17, 15) is 9.90 Å². The van der Waals surface area contributed by atoms with Crippen LogP contribution in [0.5, 0.6) is 0 Å². The van der Waals surface area contributed by atoms with Gasteiger partial charge in [-0.25, -0.2) is 9.97 Å². The van der Waals surface area contributed by atoms with Gasteiger partial charge in [-0.15, -0.1) is 0 Å². The summed E-state index contributed by atoms with van der Waals surface area (Å²) in [5, 5.41) is 12.8. The molecule has 1 amide bonds. The maximum absolute atomic E-state index is 12.3. The summed E-state index contributed by atoms with van der Waals surface area (Å²) in [6.07, 6.45) is 3.31. The average Bonchev–Trinajstić information content (AvgIpc) is 2.89. The van der Waals surface area contributed by atoms with E-state index in [0.717, 1.165) is 42.9 Å². The van der Waals surface area contributed by atoms with Crippen LogP contribution in [-0.2, 0) is 9.53 Å². The van der Waals surface area contributed by atoms with Crippen LogP contribution in [0.1, 0.15) is 45.6 Å². The van der Waals surface area contributed by atoms with Crippen LogP contribution in [0, 0.1) is 0 Å². The molecule has 2 aromatic heterocycles. The predicted octanol–water partition coefficient (Wildman–Crippen LogP) is 2.09. The molecule has 3 heterocycles. The van der Waals surface area contributed by atoms with Crippen molar-refractivity contribution in [3.8, 4) is 0 Å². The lowest BCUT2D eigenvalue weighted by atomic mass is 9.93. The van der Waals surface area contributed by atoms with E-state index in [-0.39, 0.29) is 12.3 Å². The number of carbonyl (C=O) groups excluding carboxylic acids is 1. The number of aromatic nitrogens is 3. The first kappa shape index (κ1) is 18.2. The zero-order valence-electron chi connectivity index (χ0n) is 15.9. The Labute approximate surface area is 158 Å². The second-order valence-corrected chi connectivity index (χ2v) is 8.04. The Kier molecular flexibility index (Phi) is 4.77. The normalized spacial score (nSPS) is 18.6. The van der Waals surface area contributed by atoms with Crippen molar-refractivity contribution in [2.45, 2.75) is 51.2 Å². The lowest BCUT2D eigenvalue weighted by Crippen LogP contribution is -2.36. The standard InChI is InChI=1S/C19H27N5O3/c1-19(2,26)12-16(25)22-18-20-14-6-7-15(23-8-10-27-11-9-23)21-17(14)24(18)13-4-3-5-13/h6-7,13,26H,3-5,8-12H2,1-2H3,(H,20,22,25). The van der Waals surface area contributed by atoms with E-state index in [1.54, 1.807) is 13.8 Å². The lowest BCUT2D eigenvalue weighted by molar-refractivity contribution is -0.119. The summed E-state index contributed by atoms with van der Waals surface area (Å²) < 4.78 is 7.49. The Bertz CT molecular complexity index is 832. The molecule has 1 aliphatic heterocycles. The van der Waals surface area contributed by atoms with Crippen molar-refractivity contribution in [1.29, 1.82) is 0 Å². The fourth-order valence-electron chi connectivity index (χ4n) is 3.57. The molecule has 8 nitrogen and oxygen atoms in total. The monoisotopic (exact) mass is 373 g/mol. The number of nitrogens with one attached hydrogen (secondary N) is 1. The number of morpholine rings is 1. The van der Waals surface area contributed by atoms with Gasteiger partial charge >= 0.3 is 0 Å². The van der Waals surface area contributed by atoms with Gasteiger partial charge in [-0.1, -0.05) is 0 Å². The molecule has 2 N–H and O–H groups in total. The van der Waals surface area contributed by atoms with Crippen molar-refractivity contribution in [1.82, 2.24) is 14.5 Å². The van der Waals surface area contributed by atoms with Crippen molar-refractivity contribution in [2.75, 3.05) is 36.5 Å². The van der Waals surface area contributed by atoms with Gasteiger partial charge in [0.25, 0.3) is 0 Å². The Morgan fingerprint density at radius 3 is 2.67 bits per heavy atom. The summed E-state index contributed by atoms with van der Waals surface area (Å²) in [5.74, 6) is 1.20. The number of aliphatic hydroxyl groups is 1. The van der Waals surface area contributed by atoms with Crippen LogP contribution in [0.2, 0.25) is 0 Å². The number of rotatable bonds is 5. The van der Waals surface area contributed by atoms with Crippen molar-refractivity contribution < 1.29 is 14.6 Å². The minimum atomic E-state index is -1.06. The molecule has 4 rings (SSSR count). The first-order valence-corrected chi connectivity index (χ1v) is 9.65. The van der Waals surface area contributed by atoms with Crippen molar-refractivity contribution in [3.63, 3.8) is 0 Å². The Morgan fingerprint density at radius 1 is 1.30 bits per heavy atom. The Hall–Kier alpha value is -2.19. The molecule has 0 unspecified atom stereocenters. The van der Waals surface area contributed by atoms with Gasteiger partial charge in [0, 0.05) is 19.1 Å². The highest BCUT2D eigenvalue weighted by Gasteiger charge is 2.28. The number of hydrogen-bond donors (Lipinski definition) is 2. The van der Waals surface area contributed by atoms with Gasteiger partial charge in [-0.05, 0) is 45.2 Å². The van der Waals surface area contributed by atoms with Crippen LogP contribution in [0.3, 0.4) is 0 Å². The van der Waals surface area contributed by atoms with Gasteiger partial charge in [-0.2, -0.15) is 0 Å². The zero-order chi connectivity index (χ0) is 19.0. The molecule has 2 aliphatic rings. The summed E-state index contributed by atoms with van der Waals surface area (Å²) >= 11 is 0. The highest BCUT2D eigenvalue weighted by atomic mass is 16.5. The third-order valence-electron chi connectivity index (χ3n) is 5.14. The molecular formula is C19H27N5O3. The number of carbonyl (C=O) groups is 1. The molecule has 1 saturated carbocycles. The molecule has 0 bridgehead atoms. The summed E-state index contributed by atoms with van der Waals surface area (Å²) in [6, 6.07) is 4.25. The molecule has 8 heteroatoms. The smallest absolute Gasteiger partial charge is 0.229 e. The summed E-state index contributed by atoms with van der Waals surface area (Å²) in [6.45, 7) is 6.31. The van der Waals surface area contributed by atoms with Crippen LogP contribution >= 0.6 is 0 Å². The lowest BCUT2D eigenvalue weighted by Gasteiger charge is -2.30. The summed E-state index contributed by atoms with van der Waals surface area (Å²) in [5.41, 5.74) is 0.527. The average molecular weight is 373 g/mol. The van der Waals surface area contributed by atoms with Gasteiger partial charge in [-0.3, -0.25) is 14.7 Å². The number of hydrogen-bond acceptors (Lipinski definition) is 6. The molecule has 0 spiro atoms. The first-order valence-electron chi connectivity index (χ1n) is 9.65. The topological polar surface area (TPSA) is 92.5 Å². The number of ether oxygens (including phenoxy) is 1. The third kappa shape index (κ3) is 3.91. The van der Waals surface area contributed by atoms with Crippen molar-refractivity contribution in [2.24, 2.45) is 0 Å². The second-order valence-electron chi connectivity index (χ2n) is 8.04. The van der Waals surface area contributed by atoms with E-state index >= 15 is 0 Å². The molecule has 0 aromatic carbocycles. The van der Waals surface area contributed by atoms with Crippen LogP contribution in [-0.4, -0.2) is 57.5 Å². The minimum Gasteiger partial charge on any atom is -0.390 e. The van der Waals surface area contributed by atoms with Crippen LogP contribution < -0.4 is 10.2 Å². The van der Waals surface area contributed by atoms with Crippen LogP contribution in [0.25, 0.3) is 11.2 Å². The van der Waals surface area contributed by atoms with Crippen LogP contribution in [0.4, 0.5) is 11.8 Å². The zero-order valence-corrected chi connectivity index (χ0v) is 15.9. The molecule has 1 aliphatic carbocycles. The molecule has 0 atom stereocenters.